The van der Waals surface area contributed by atoms with Gasteiger partial charge in [0.05, 0.1) is 5.75 Å². The third-order valence-corrected chi connectivity index (χ3v) is 5.78. The van der Waals surface area contributed by atoms with Crippen LogP contribution in [0.15, 0.2) is 47.6 Å². The van der Waals surface area contributed by atoms with Gasteiger partial charge in [-0.1, -0.05) is 41.6 Å². The molecule has 1 amide bonds. The first-order valence-electron chi connectivity index (χ1n) is 9.14. The molecule has 0 bridgehead atoms. The number of aromatic nitrogens is 3. The number of benzene rings is 2. The number of hydrogen-bond acceptors (Lipinski definition) is 5. The second-order valence-electron chi connectivity index (χ2n) is 6.68. The molecule has 1 aromatic heterocycles. The highest BCUT2D eigenvalue weighted by atomic mass is 35.5. The lowest BCUT2D eigenvalue weighted by atomic mass is 10.1. The largest absolute Gasteiger partial charge is 0.486 e. The van der Waals surface area contributed by atoms with E-state index < -0.39 is 0 Å². The Hall–Kier alpha value is -2.51. The molecule has 3 rings (SSSR count). The summed E-state index contributed by atoms with van der Waals surface area (Å²) in [5.74, 6) is 1.69. The molecular formula is C21H23ClN4O2S. The number of halogens is 1. The summed E-state index contributed by atoms with van der Waals surface area (Å²) in [7, 11) is 1.87. The van der Waals surface area contributed by atoms with Crippen LogP contribution in [-0.4, -0.2) is 26.4 Å². The molecule has 6 nitrogen and oxygen atoms in total. The predicted octanol–water partition coefficient (Wildman–Crippen LogP) is 4.07. The topological polar surface area (TPSA) is 69.0 Å². The molecule has 0 unspecified atom stereocenters. The summed E-state index contributed by atoms with van der Waals surface area (Å²) in [4.78, 5) is 12.1. The Morgan fingerprint density at radius 1 is 1.14 bits per heavy atom. The van der Waals surface area contributed by atoms with Gasteiger partial charge in [-0.15, -0.1) is 10.2 Å². The standard InChI is InChI=1S/C21H23ClN4O2S/c1-14-4-9-18(10-15(14)2)28-12-19-24-25-21(26(19)3)29-13-20(27)23-11-16-5-7-17(22)8-6-16/h4-10H,11-13H2,1-3H3,(H,23,27). The summed E-state index contributed by atoms with van der Waals surface area (Å²) >= 11 is 7.20. The van der Waals surface area contributed by atoms with Crippen molar-refractivity contribution in [3.63, 3.8) is 0 Å². The van der Waals surface area contributed by atoms with Crippen LogP contribution in [0.1, 0.15) is 22.5 Å². The monoisotopic (exact) mass is 430 g/mol. The zero-order valence-corrected chi connectivity index (χ0v) is 18.2. The number of ether oxygens (including phenoxy) is 1. The van der Waals surface area contributed by atoms with E-state index in [2.05, 4.69) is 29.4 Å². The number of rotatable bonds is 8. The number of aryl methyl sites for hydroxylation is 2. The predicted molar refractivity (Wildman–Crippen MR) is 115 cm³/mol. The van der Waals surface area contributed by atoms with Crippen LogP contribution in [0.4, 0.5) is 0 Å². The molecule has 1 N–H and O–H groups in total. The van der Waals surface area contributed by atoms with E-state index in [1.165, 1.54) is 22.9 Å². The molecule has 0 aliphatic heterocycles. The van der Waals surface area contributed by atoms with Crippen molar-refractivity contribution in [2.45, 2.75) is 32.2 Å². The fourth-order valence-corrected chi connectivity index (χ4v) is 3.42. The maximum absolute atomic E-state index is 12.1. The number of carbonyl (C=O) groups excluding carboxylic acids is 1. The molecule has 0 saturated heterocycles. The van der Waals surface area contributed by atoms with E-state index >= 15 is 0 Å². The van der Waals surface area contributed by atoms with Crippen LogP contribution in [0, 0.1) is 13.8 Å². The van der Waals surface area contributed by atoms with Gasteiger partial charge in [0.25, 0.3) is 0 Å². The lowest BCUT2D eigenvalue weighted by Crippen LogP contribution is -2.24. The molecule has 2 aromatic carbocycles. The number of carbonyl (C=O) groups is 1. The maximum atomic E-state index is 12.1. The SMILES string of the molecule is Cc1ccc(OCc2nnc(SCC(=O)NCc3ccc(Cl)cc3)n2C)cc1C. The fraction of sp³-hybridized carbons (Fsp3) is 0.286. The molecule has 0 radical (unpaired) electrons. The number of thioether (sulfide) groups is 1. The lowest BCUT2D eigenvalue weighted by Gasteiger charge is -2.08. The average molecular weight is 431 g/mol. The minimum Gasteiger partial charge on any atom is -0.486 e. The van der Waals surface area contributed by atoms with Crippen molar-refractivity contribution in [1.29, 1.82) is 0 Å². The van der Waals surface area contributed by atoms with Gasteiger partial charge < -0.3 is 14.6 Å². The zero-order valence-electron chi connectivity index (χ0n) is 16.6. The van der Waals surface area contributed by atoms with Crippen LogP contribution in [0.3, 0.4) is 0 Å². The number of nitrogens with zero attached hydrogens (tertiary/aromatic N) is 3. The van der Waals surface area contributed by atoms with Crippen molar-refractivity contribution < 1.29 is 9.53 Å². The van der Waals surface area contributed by atoms with E-state index in [1.807, 2.05) is 41.9 Å². The zero-order chi connectivity index (χ0) is 20.8. The summed E-state index contributed by atoms with van der Waals surface area (Å²) in [5.41, 5.74) is 3.41. The van der Waals surface area contributed by atoms with Crippen molar-refractivity contribution >= 4 is 29.3 Å². The Morgan fingerprint density at radius 3 is 2.62 bits per heavy atom. The first-order valence-corrected chi connectivity index (χ1v) is 10.5. The third kappa shape index (κ3) is 5.98. The molecule has 0 fully saturated rings. The van der Waals surface area contributed by atoms with Crippen LogP contribution in [0.25, 0.3) is 0 Å². The quantitative estimate of drug-likeness (QED) is 0.545. The Balaban J connectivity index is 1.47. The van der Waals surface area contributed by atoms with Crippen molar-refractivity contribution in [2.75, 3.05) is 5.75 Å². The Morgan fingerprint density at radius 2 is 1.90 bits per heavy atom. The van der Waals surface area contributed by atoms with E-state index in [4.69, 9.17) is 16.3 Å². The van der Waals surface area contributed by atoms with Gasteiger partial charge in [-0.05, 0) is 54.8 Å². The highest BCUT2D eigenvalue weighted by Gasteiger charge is 2.12. The van der Waals surface area contributed by atoms with Gasteiger partial charge in [0.1, 0.15) is 12.4 Å². The fourth-order valence-electron chi connectivity index (χ4n) is 2.53. The van der Waals surface area contributed by atoms with E-state index in [-0.39, 0.29) is 11.7 Å². The molecule has 0 aliphatic rings. The molecule has 0 spiro atoms. The molecular weight excluding hydrogens is 408 g/mol. The number of hydrogen-bond donors (Lipinski definition) is 1. The Labute approximate surface area is 179 Å². The van der Waals surface area contributed by atoms with Gasteiger partial charge in [0, 0.05) is 18.6 Å². The Bertz CT molecular complexity index is 989. The number of amides is 1. The average Bonchev–Trinajstić information content (AvgIpc) is 3.06. The molecule has 1 heterocycles. The van der Waals surface area contributed by atoms with Crippen LogP contribution < -0.4 is 10.1 Å². The molecule has 0 saturated carbocycles. The normalized spacial score (nSPS) is 10.8. The van der Waals surface area contributed by atoms with Crippen LogP contribution >= 0.6 is 23.4 Å². The van der Waals surface area contributed by atoms with Crippen molar-refractivity contribution in [2.24, 2.45) is 7.05 Å². The number of nitrogens with one attached hydrogen (secondary N) is 1. The molecule has 8 heteroatoms. The minimum atomic E-state index is -0.0686. The molecule has 0 aliphatic carbocycles. The highest BCUT2D eigenvalue weighted by molar-refractivity contribution is 7.99. The molecule has 152 valence electrons. The van der Waals surface area contributed by atoms with Gasteiger partial charge in [0.15, 0.2) is 11.0 Å². The third-order valence-electron chi connectivity index (χ3n) is 4.51. The van der Waals surface area contributed by atoms with Gasteiger partial charge in [-0.25, -0.2) is 0 Å². The Kier molecular flexibility index (Phi) is 7.17. The van der Waals surface area contributed by atoms with Crippen molar-refractivity contribution in [1.82, 2.24) is 20.1 Å². The van der Waals surface area contributed by atoms with Crippen LogP contribution in [0.2, 0.25) is 5.02 Å². The van der Waals surface area contributed by atoms with Gasteiger partial charge >= 0.3 is 0 Å². The summed E-state index contributed by atoms with van der Waals surface area (Å²) in [6.45, 7) is 4.90. The second-order valence-corrected chi connectivity index (χ2v) is 8.06. The minimum absolute atomic E-state index is 0.0686. The first kappa shape index (κ1) is 21.2. The van der Waals surface area contributed by atoms with Crippen molar-refractivity contribution in [3.8, 4) is 5.75 Å². The van der Waals surface area contributed by atoms with Gasteiger partial charge in [-0.3, -0.25) is 4.79 Å². The van der Waals surface area contributed by atoms with E-state index in [0.29, 0.717) is 29.2 Å². The van der Waals surface area contributed by atoms with Gasteiger partial charge in [-0.2, -0.15) is 0 Å². The van der Waals surface area contributed by atoms with Crippen molar-refractivity contribution in [3.05, 3.63) is 70.0 Å². The molecule has 3 aromatic rings. The van der Waals surface area contributed by atoms with Crippen LogP contribution in [0.5, 0.6) is 5.75 Å². The van der Waals surface area contributed by atoms with E-state index in [1.54, 1.807) is 12.1 Å². The summed E-state index contributed by atoms with van der Waals surface area (Å²) in [6, 6.07) is 13.4. The highest BCUT2D eigenvalue weighted by Crippen LogP contribution is 2.19. The second kappa shape index (κ2) is 9.80. The van der Waals surface area contributed by atoms with Crippen LogP contribution in [-0.2, 0) is 25.0 Å². The molecule has 29 heavy (non-hydrogen) atoms. The lowest BCUT2D eigenvalue weighted by molar-refractivity contribution is -0.118. The molecule has 0 atom stereocenters. The maximum Gasteiger partial charge on any atom is 0.230 e. The van der Waals surface area contributed by atoms with E-state index in [0.717, 1.165) is 11.3 Å². The summed E-state index contributed by atoms with van der Waals surface area (Å²) in [6.07, 6.45) is 0. The first-order chi connectivity index (χ1) is 13.9. The van der Waals surface area contributed by atoms with Gasteiger partial charge in [0.2, 0.25) is 5.91 Å². The summed E-state index contributed by atoms with van der Waals surface area (Å²) in [5, 5.41) is 12.6. The summed E-state index contributed by atoms with van der Waals surface area (Å²) < 4.78 is 7.67. The smallest absolute Gasteiger partial charge is 0.230 e. The van der Waals surface area contributed by atoms with E-state index in [9.17, 15) is 4.79 Å².